The average molecular weight is 966 g/mol. The van der Waals surface area contributed by atoms with Crippen molar-refractivity contribution in [3.63, 3.8) is 0 Å². The lowest BCUT2D eigenvalue weighted by molar-refractivity contribution is -0.157. The zero-order chi connectivity index (χ0) is 49.0. The van der Waals surface area contributed by atoms with Crippen LogP contribution < -0.4 is 15.4 Å². The number of phenolic OH excluding ortho intramolecular Hbond substituents is 1. The molecule has 2 aromatic heterocycles. The van der Waals surface area contributed by atoms with Crippen LogP contribution in [0, 0.1) is 18.2 Å². The maximum atomic E-state index is 15.3. The number of aromatic nitrogens is 2. The van der Waals surface area contributed by atoms with Crippen LogP contribution in [-0.4, -0.2) is 76.5 Å². The van der Waals surface area contributed by atoms with Crippen molar-refractivity contribution in [2.24, 2.45) is 5.41 Å². The van der Waals surface area contributed by atoms with Gasteiger partial charge in [0.25, 0.3) is 11.5 Å². The highest BCUT2D eigenvalue weighted by Crippen LogP contribution is 2.51. The van der Waals surface area contributed by atoms with Crippen LogP contribution in [0.1, 0.15) is 131 Å². The first-order valence-electron chi connectivity index (χ1n) is 23.3. The summed E-state index contributed by atoms with van der Waals surface area (Å²) in [6, 6.07) is 11.0. The van der Waals surface area contributed by atoms with Crippen LogP contribution in [0.3, 0.4) is 0 Å². The number of rotatable bonds is 8. The van der Waals surface area contributed by atoms with E-state index in [1.54, 1.807) is 17.9 Å². The van der Waals surface area contributed by atoms with Crippen LogP contribution in [0.2, 0.25) is 0 Å². The monoisotopic (exact) mass is 965 g/mol. The SMILES string of the molecule is CC.Cc1c(F)cc2nc3c(c4c2c1CCC4NC(=O)OC1CC2(C1)CN(Cc1ccc4c(c1)CN(C(=O)c1cc(C(C)C)c(O)cc1OP(=O)(O)O)C4)C2)Cn1c-3cc2c(c1=O)COC(=O)C2O. The van der Waals surface area contributed by atoms with Crippen molar-refractivity contribution in [3.05, 3.63) is 120 Å². The Morgan fingerprint density at radius 2 is 1.75 bits per heavy atom. The number of aryl methyl sites for hydroxylation is 1. The van der Waals surface area contributed by atoms with E-state index in [4.69, 9.17) is 19.0 Å². The normalized spacial score (nSPS) is 19.7. The highest BCUT2D eigenvalue weighted by atomic mass is 31.2. The van der Waals surface area contributed by atoms with Gasteiger partial charge in [0.05, 0.1) is 40.6 Å². The van der Waals surface area contributed by atoms with Crippen LogP contribution >= 0.6 is 7.82 Å². The second-order valence-electron chi connectivity index (χ2n) is 19.3. The summed E-state index contributed by atoms with van der Waals surface area (Å²) in [5.41, 5.74) is 7.33. The number of fused-ring (bicyclic) bond motifs is 6. The summed E-state index contributed by atoms with van der Waals surface area (Å²) in [5, 5.41) is 24.9. The van der Waals surface area contributed by atoms with E-state index < -0.39 is 49.3 Å². The van der Waals surface area contributed by atoms with Gasteiger partial charge in [-0.1, -0.05) is 45.9 Å². The number of likely N-dealkylation sites (tertiary alicyclic amines) is 1. The number of halogens is 1. The van der Waals surface area contributed by atoms with E-state index >= 15 is 4.39 Å². The Labute approximate surface area is 396 Å². The van der Waals surface area contributed by atoms with Gasteiger partial charge in [-0.05, 0) is 89.6 Å². The Kier molecular flexibility index (Phi) is 11.5. The highest BCUT2D eigenvalue weighted by Gasteiger charge is 2.54. The molecule has 5 N–H and O–H groups in total. The van der Waals surface area contributed by atoms with Crippen molar-refractivity contribution in [2.75, 3.05) is 13.1 Å². The number of amides is 2. The molecule has 2 unspecified atom stereocenters. The number of carbonyl (C=O) groups excluding carboxylic acids is 3. The number of alkyl carbamates (subject to hydrolysis) is 1. The number of hydrogen-bond acceptors (Lipinski definition) is 12. The molecule has 2 atom stereocenters. The minimum Gasteiger partial charge on any atom is -0.508 e. The molecule has 19 heteroatoms. The number of phosphoric ester groups is 1. The molecule has 6 heterocycles. The smallest absolute Gasteiger partial charge is 0.508 e. The maximum Gasteiger partial charge on any atom is 0.524 e. The molecule has 2 amide bonds. The van der Waals surface area contributed by atoms with Gasteiger partial charge in [0.15, 0.2) is 6.10 Å². The molecule has 1 spiro atoms. The van der Waals surface area contributed by atoms with Gasteiger partial charge in [-0.25, -0.2) is 23.5 Å². The summed E-state index contributed by atoms with van der Waals surface area (Å²) in [4.78, 5) is 81.2. The summed E-state index contributed by atoms with van der Waals surface area (Å²) >= 11 is 0. The zero-order valence-corrected chi connectivity index (χ0v) is 39.7. The molecular formula is C50H53FN5O12P. The zero-order valence-electron chi connectivity index (χ0n) is 38.8. The molecule has 4 aliphatic heterocycles. The second-order valence-corrected chi connectivity index (χ2v) is 20.5. The number of ether oxygens (including phenoxy) is 2. The molecule has 11 rings (SSSR count). The predicted molar refractivity (Wildman–Crippen MR) is 248 cm³/mol. The molecule has 1 saturated heterocycles. The van der Waals surface area contributed by atoms with Gasteiger partial charge in [0.2, 0.25) is 0 Å². The van der Waals surface area contributed by atoms with E-state index in [1.807, 2.05) is 39.8 Å². The van der Waals surface area contributed by atoms with Gasteiger partial charge in [-0.2, -0.15) is 0 Å². The van der Waals surface area contributed by atoms with Gasteiger partial charge in [0, 0.05) is 66.8 Å². The lowest BCUT2D eigenvalue weighted by Gasteiger charge is -2.58. The molecule has 1 saturated carbocycles. The maximum absolute atomic E-state index is 15.3. The number of aromatic hydroxyl groups is 1. The fourth-order valence-electron chi connectivity index (χ4n) is 11.4. The molecule has 3 aromatic carbocycles. The van der Waals surface area contributed by atoms with E-state index in [-0.39, 0.29) is 58.8 Å². The molecule has 69 heavy (non-hydrogen) atoms. The van der Waals surface area contributed by atoms with Crippen LogP contribution in [-0.2, 0) is 58.0 Å². The summed E-state index contributed by atoms with van der Waals surface area (Å²) in [6.45, 7) is 12.2. The van der Waals surface area contributed by atoms with Crippen LogP contribution in [0.25, 0.3) is 22.3 Å². The molecule has 2 aliphatic carbocycles. The number of nitrogens with zero attached hydrogens (tertiary/aromatic N) is 4. The van der Waals surface area contributed by atoms with Crippen molar-refractivity contribution >= 4 is 36.7 Å². The van der Waals surface area contributed by atoms with Crippen LogP contribution in [0.15, 0.2) is 47.3 Å². The van der Waals surface area contributed by atoms with Crippen molar-refractivity contribution in [3.8, 4) is 22.9 Å². The molecule has 5 aromatic rings. The average Bonchev–Trinajstić information content (AvgIpc) is 3.87. The number of aliphatic hydroxyl groups excluding tert-OH is 1. The molecule has 362 valence electrons. The third-order valence-electron chi connectivity index (χ3n) is 14.5. The Bertz CT molecular complexity index is 3140. The second kappa shape index (κ2) is 17.1. The van der Waals surface area contributed by atoms with Crippen LogP contribution in [0.5, 0.6) is 11.5 Å². The van der Waals surface area contributed by atoms with Gasteiger partial charge in [-0.15, -0.1) is 0 Å². The summed E-state index contributed by atoms with van der Waals surface area (Å²) < 4.78 is 44.5. The number of cyclic esters (lactones) is 1. The Hall–Kier alpha value is -6.17. The largest absolute Gasteiger partial charge is 0.524 e. The summed E-state index contributed by atoms with van der Waals surface area (Å²) in [7, 11) is -5.02. The van der Waals surface area contributed by atoms with Crippen molar-refractivity contribution in [1.82, 2.24) is 24.7 Å². The molecule has 6 aliphatic rings. The quantitative estimate of drug-likeness (QED) is 0.0779. The molecule has 2 fully saturated rings. The van der Waals surface area contributed by atoms with Gasteiger partial charge >= 0.3 is 19.9 Å². The first-order valence-corrected chi connectivity index (χ1v) is 24.8. The van der Waals surface area contributed by atoms with Gasteiger partial charge in [0.1, 0.15) is 30.0 Å². The number of esters is 1. The fourth-order valence-corrected chi connectivity index (χ4v) is 11.8. The number of phosphoric acid groups is 1. The number of nitrogens with one attached hydrogen (secondary N) is 1. The summed E-state index contributed by atoms with van der Waals surface area (Å²) in [5.74, 6) is -2.50. The first kappa shape index (κ1) is 46.6. The van der Waals surface area contributed by atoms with Gasteiger partial charge in [-0.3, -0.25) is 24.3 Å². The molecule has 17 nitrogen and oxygen atoms in total. The number of pyridine rings is 2. The van der Waals surface area contributed by atoms with E-state index in [0.717, 1.165) is 52.4 Å². The third-order valence-corrected chi connectivity index (χ3v) is 15.0. The van der Waals surface area contributed by atoms with Crippen molar-refractivity contribution in [2.45, 2.75) is 117 Å². The number of phenols is 1. The number of benzene rings is 3. The predicted octanol–water partition coefficient (Wildman–Crippen LogP) is 6.82. The third kappa shape index (κ3) is 8.05. The van der Waals surface area contributed by atoms with Crippen molar-refractivity contribution in [1.29, 1.82) is 0 Å². The molecule has 0 bridgehead atoms. The topological polar surface area (TPSA) is 230 Å². The Morgan fingerprint density at radius 1 is 1.01 bits per heavy atom. The minimum absolute atomic E-state index is 0.0294. The lowest BCUT2D eigenvalue weighted by Crippen LogP contribution is -2.63. The number of hydrogen-bond donors (Lipinski definition) is 5. The number of aliphatic hydroxyl groups is 1. The molecule has 0 radical (unpaired) electrons. The van der Waals surface area contributed by atoms with E-state index in [9.17, 15) is 43.7 Å². The van der Waals surface area contributed by atoms with E-state index in [0.29, 0.717) is 78.9 Å². The van der Waals surface area contributed by atoms with Crippen LogP contribution in [0.4, 0.5) is 9.18 Å². The van der Waals surface area contributed by atoms with E-state index in [1.165, 1.54) is 16.7 Å². The Balaban J connectivity index is 0.00000273. The van der Waals surface area contributed by atoms with E-state index in [2.05, 4.69) is 16.3 Å². The van der Waals surface area contributed by atoms with Crippen molar-refractivity contribution < 1.29 is 57.3 Å². The standard InChI is InChI=1S/C48H47FN5O12P.C2H6/c1-22(2)29-9-31(39(12-38(29)55)66-67(61,62)63)44(57)53-16-25-5-4-24(8-26(25)17-53)15-52-20-48(21-52)13-27(14-48)65-47(60)51-35-7-6-28-23(3)34(49)11-36-40(28)41(35)32-18-54-37(42(32)50-36)10-30-33(45(54)58)19-64-46(59)43(30)56;1-2/h4-5,8-12,22,27,35,43,55-56H,6-7,13-21H2,1-3H3,(H,51,60)(H2,61,62,63);1-2H3. The molecular weight excluding hydrogens is 913 g/mol. The highest BCUT2D eigenvalue weighted by molar-refractivity contribution is 7.46. The minimum atomic E-state index is -5.02. The fraction of sp³-hybridized carbons (Fsp3) is 0.420. The Morgan fingerprint density at radius 3 is 2.48 bits per heavy atom. The lowest BCUT2D eigenvalue weighted by atomic mass is 9.61. The first-order chi connectivity index (χ1) is 32.8. The number of carbonyl (C=O) groups is 3. The summed E-state index contributed by atoms with van der Waals surface area (Å²) in [6.07, 6.45) is -0.0758. The van der Waals surface area contributed by atoms with Gasteiger partial charge < -0.3 is 39.0 Å².